The zero-order chi connectivity index (χ0) is 25.1. The van der Waals surface area contributed by atoms with Crippen LogP contribution in [0.5, 0.6) is 0 Å². The highest BCUT2D eigenvalue weighted by Crippen LogP contribution is 2.13. The Morgan fingerprint density at radius 1 is 0.882 bits per heavy atom. The Morgan fingerprint density at radius 2 is 1.44 bits per heavy atom. The van der Waals surface area contributed by atoms with Crippen LogP contribution in [0.2, 0.25) is 0 Å². The van der Waals surface area contributed by atoms with Gasteiger partial charge in [0.25, 0.3) is 0 Å². The number of alkyl carbamates (subject to hydrolysis) is 1. The summed E-state index contributed by atoms with van der Waals surface area (Å²) in [5.41, 5.74) is 1.03. The molecule has 2 rings (SSSR count). The van der Waals surface area contributed by atoms with Crippen molar-refractivity contribution >= 4 is 18.0 Å². The number of amides is 2. The van der Waals surface area contributed by atoms with Crippen LogP contribution in [0.1, 0.15) is 52.2 Å². The second kappa shape index (κ2) is 12.8. The molecule has 0 aromatic heterocycles. The number of carbonyl (C=O) groups is 3. The van der Waals surface area contributed by atoms with E-state index in [0.717, 1.165) is 11.1 Å². The molecule has 184 valence electrons. The molecule has 0 fully saturated rings. The van der Waals surface area contributed by atoms with Gasteiger partial charge < -0.3 is 20.1 Å². The van der Waals surface area contributed by atoms with Gasteiger partial charge >= 0.3 is 12.1 Å². The number of hydrogen-bond donors (Lipinski definition) is 2. The highest BCUT2D eigenvalue weighted by Gasteiger charge is 2.32. The molecule has 2 unspecified atom stereocenters. The molecule has 0 aliphatic heterocycles. The van der Waals surface area contributed by atoms with Crippen LogP contribution in [0, 0.1) is 5.92 Å². The molecule has 2 amide bonds. The lowest BCUT2D eigenvalue weighted by Gasteiger charge is -2.27. The number of esters is 1. The van der Waals surface area contributed by atoms with Gasteiger partial charge in [-0.3, -0.25) is 4.79 Å². The number of rotatable bonds is 10. The molecule has 7 nitrogen and oxygen atoms in total. The third kappa shape index (κ3) is 9.25. The molecule has 0 saturated carbocycles. The van der Waals surface area contributed by atoms with Gasteiger partial charge in [0, 0.05) is 6.42 Å². The van der Waals surface area contributed by atoms with Crippen molar-refractivity contribution in [1.29, 1.82) is 0 Å². The zero-order valence-corrected chi connectivity index (χ0v) is 20.7. The van der Waals surface area contributed by atoms with E-state index in [0.29, 0.717) is 6.42 Å². The first-order valence-electron chi connectivity index (χ1n) is 11.6. The van der Waals surface area contributed by atoms with Crippen LogP contribution in [-0.4, -0.2) is 35.7 Å². The quantitative estimate of drug-likeness (QED) is 0.504. The van der Waals surface area contributed by atoms with Crippen molar-refractivity contribution in [2.75, 3.05) is 0 Å². The summed E-state index contributed by atoms with van der Waals surface area (Å²) in [5, 5.41) is 5.47. The first-order chi connectivity index (χ1) is 16.1. The molecule has 2 aromatic carbocycles. The van der Waals surface area contributed by atoms with Gasteiger partial charge in [-0.1, -0.05) is 80.9 Å². The minimum atomic E-state index is -0.911. The van der Waals surface area contributed by atoms with E-state index in [1.165, 1.54) is 0 Å². The van der Waals surface area contributed by atoms with Gasteiger partial charge in [-0.2, -0.15) is 0 Å². The third-order valence-electron chi connectivity index (χ3n) is 5.28. The maximum Gasteiger partial charge on any atom is 0.408 e. The third-order valence-corrected chi connectivity index (χ3v) is 5.28. The van der Waals surface area contributed by atoms with Gasteiger partial charge in [-0.25, -0.2) is 9.59 Å². The van der Waals surface area contributed by atoms with Gasteiger partial charge in [0.1, 0.15) is 24.3 Å². The van der Waals surface area contributed by atoms with Crippen molar-refractivity contribution in [2.45, 2.75) is 71.8 Å². The SMILES string of the molecule is CCC(C)C(NC(=O)OC(C)(C)C)C(=O)N[C@@H](Cc1ccccc1)C(=O)OCc1ccccc1. The van der Waals surface area contributed by atoms with E-state index in [1.807, 2.05) is 74.5 Å². The van der Waals surface area contributed by atoms with Crippen molar-refractivity contribution in [3.8, 4) is 0 Å². The molecule has 0 heterocycles. The lowest BCUT2D eigenvalue weighted by atomic mass is 9.97. The number of carbonyl (C=O) groups excluding carboxylic acids is 3. The molecule has 0 bridgehead atoms. The highest BCUT2D eigenvalue weighted by atomic mass is 16.6. The fourth-order valence-corrected chi connectivity index (χ4v) is 3.27. The number of ether oxygens (including phenoxy) is 2. The predicted octanol–water partition coefficient (Wildman–Crippen LogP) is 4.40. The van der Waals surface area contributed by atoms with Crippen LogP contribution in [-0.2, 0) is 32.1 Å². The molecular formula is C27H36N2O5. The predicted molar refractivity (Wildman–Crippen MR) is 131 cm³/mol. The van der Waals surface area contributed by atoms with Gasteiger partial charge in [0.15, 0.2) is 0 Å². The summed E-state index contributed by atoms with van der Waals surface area (Å²) in [6.07, 6.45) is 0.231. The molecular weight excluding hydrogens is 432 g/mol. The van der Waals surface area contributed by atoms with E-state index < -0.39 is 35.7 Å². The van der Waals surface area contributed by atoms with Gasteiger partial charge in [-0.15, -0.1) is 0 Å². The summed E-state index contributed by atoms with van der Waals surface area (Å²) in [6.45, 7) is 9.15. The van der Waals surface area contributed by atoms with Gasteiger partial charge in [0.05, 0.1) is 0 Å². The summed E-state index contributed by atoms with van der Waals surface area (Å²) in [6, 6.07) is 17.0. The van der Waals surface area contributed by atoms with E-state index >= 15 is 0 Å². The molecule has 3 atom stereocenters. The van der Waals surface area contributed by atoms with Crippen LogP contribution in [0.25, 0.3) is 0 Å². The molecule has 34 heavy (non-hydrogen) atoms. The zero-order valence-electron chi connectivity index (χ0n) is 20.7. The molecule has 7 heteroatoms. The minimum absolute atomic E-state index is 0.103. The van der Waals surface area contributed by atoms with Crippen molar-refractivity contribution in [3.63, 3.8) is 0 Å². The van der Waals surface area contributed by atoms with E-state index in [4.69, 9.17) is 9.47 Å². The van der Waals surface area contributed by atoms with E-state index in [-0.39, 0.29) is 18.9 Å². The Hall–Kier alpha value is -3.35. The number of hydrogen-bond acceptors (Lipinski definition) is 5. The van der Waals surface area contributed by atoms with Crippen molar-refractivity contribution < 1.29 is 23.9 Å². The monoisotopic (exact) mass is 468 g/mol. The van der Waals surface area contributed by atoms with E-state index in [9.17, 15) is 14.4 Å². The summed E-state index contributed by atoms with van der Waals surface area (Å²) >= 11 is 0. The minimum Gasteiger partial charge on any atom is -0.459 e. The molecule has 0 aliphatic carbocycles. The van der Waals surface area contributed by atoms with Crippen LogP contribution in [0.4, 0.5) is 4.79 Å². The Labute approximate surface area is 202 Å². The Balaban J connectivity index is 2.16. The van der Waals surface area contributed by atoms with Crippen LogP contribution >= 0.6 is 0 Å². The molecule has 0 aliphatic rings. The fourth-order valence-electron chi connectivity index (χ4n) is 3.27. The Morgan fingerprint density at radius 3 is 1.97 bits per heavy atom. The average molecular weight is 469 g/mol. The summed E-state index contributed by atoms with van der Waals surface area (Å²) in [5.74, 6) is -1.18. The lowest BCUT2D eigenvalue weighted by molar-refractivity contribution is -0.149. The summed E-state index contributed by atoms with van der Waals surface area (Å²) < 4.78 is 10.8. The molecule has 2 N–H and O–H groups in total. The Bertz CT molecular complexity index is 925. The fraction of sp³-hybridized carbons (Fsp3) is 0.444. The highest BCUT2D eigenvalue weighted by molar-refractivity contribution is 5.90. The average Bonchev–Trinajstić information content (AvgIpc) is 2.80. The maximum atomic E-state index is 13.2. The molecule has 0 spiro atoms. The van der Waals surface area contributed by atoms with Crippen LogP contribution in [0.15, 0.2) is 60.7 Å². The second-order valence-corrected chi connectivity index (χ2v) is 9.35. The maximum absolute atomic E-state index is 13.2. The summed E-state index contributed by atoms with van der Waals surface area (Å²) in [4.78, 5) is 38.6. The van der Waals surface area contributed by atoms with Gasteiger partial charge in [0.2, 0.25) is 5.91 Å². The van der Waals surface area contributed by atoms with Crippen molar-refractivity contribution in [3.05, 3.63) is 71.8 Å². The smallest absolute Gasteiger partial charge is 0.408 e. The van der Waals surface area contributed by atoms with E-state index in [1.54, 1.807) is 20.8 Å². The lowest BCUT2D eigenvalue weighted by Crippen LogP contribution is -2.55. The van der Waals surface area contributed by atoms with Crippen molar-refractivity contribution in [1.82, 2.24) is 10.6 Å². The van der Waals surface area contributed by atoms with Crippen LogP contribution in [0.3, 0.4) is 0 Å². The Kier molecular flexibility index (Phi) is 10.1. The standard InChI is InChI=1S/C27H36N2O5/c1-6-19(2)23(29-26(32)34-27(3,4)5)24(30)28-22(17-20-13-9-7-10-14-20)25(31)33-18-21-15-11-8-12-16-21/h7-16,19,22-23H,6,17-18H2,1-5H3,(H,28,30)(H,29,32)/t19?,22-,23?/m0/s1. The second-order valence-electron chi connectivity index (χ2n) is 9.35. The number of benzene rings is 2. The van der Waals surface area contributed by atoms with Gasteiger partial charge in [-0.05, 0) is 37.8 Å². The molecule has 0 radical (unpaired) electrons. The summed E-state index contributed by atoms with van der Waals surface area (Å²) in [7, 11) is 0. The van der Waals surface area contributed by atoms with E-state index in [2.05, 4.69) is 10.6 Å². The topological polar surface area (TPSA) is 93.7 Å². The first-order valence-corrected chi connectivity index (χ1v) is 11.6. The van der Waals surface area contributed by atoms with Crippen LogP contribution < -0.4 is 10.6 Å². The molecule has 2 aromatic rings. The molecule has 0 saturated heterocycles. The normalized spacial score (nSPS) is 13.8. The first kappa shape index (κ1) is 26.9. The number of nitrogens with one attached hydrogen (secondary N) is 2. The largest absolute Gasteiger partial charge is 0.459 e. The van der Waals surface area contributed by atoms with Crippen molar-refractivity contribution in [2.24, 2.45) is 5.92 Å².